The summed E-state index contributed by atoms with van der Waals surface area (Å²) < 4.78 is 1.59. The van der Waals surface area contributed by atoms with Crippen LogP contribution in [0.15, 0.2) is 29.1 Å². The molecule has 112 valence electrons. The van der Waals surface area contributed by atoms with Crippen LogP contribution >= 0.6 is 0 Å². The molecule has 0 aliphatic heterocycles. The van der Waals surface area contributed by atoms with Crippen molar-refractivity contribution in [1.82, 2.24) is 15.1 Å². The number of hydrogen-bond acceptors (Lipinski definition) is 3. The first kappa shape index (κ1) is 15.4. The van der Waals surface area contributed by atoms with Crippen LogP contribution in [0.1, 0.15) is 30.0 Å². The second-order valence-electron chi connectivity index (χ2n) is 5.43. The molecule has 0 radical (unpaired) electrons. The number of nitrogens with zero attached hydrogens (tertiary/aromatic N) is 2. The van der Waals surface area contributed by atoms with E-state index in [9.17, 15) is 4.79 Å². The number of nitrogens with one attached hydrogen (secondary N) is 1. The van der Waals surface area contributed by atoms with Gasteiger partial charge in [0.15, 0.2) is 0 Å². The Morgan fingerprint density at radius 2 is 2.00 bits per heavy atom. The molecule has 1 aromatic carbocycles. The van der Waals surface area contributed by atoms with E-state index in [1.165, 1.54) is 11.1 Å². The maximum absolute atomic E-state index is 12.3. The summed E-state index contributed by atoms with van der Waals surface area (Å²) in [5.41, 5.74) is 5.09. The van der Waals surface area contributed by atoms with Gasteiger partial charge in [0.1, 0.15) is 0 Å². The van der Waals surface area contributed by atoms with Crippen LogP contribution < -0.4 is 10.9 Å². The Morgan fingerprint density at radius 1 is 1.24 bits per heavy atom. The lowest BCUT2D eigenvalue weighted by atomic mass is 10.0. The quantitative estimate of drug-likeness (QED) is 0.918. The predicted molar refractivity (Wildman–Crippen MR) is 86.5 cm³/mol. The molecule has 0 saturated carbocycles. The summed E-state index contributed by atoms with van der Waals surface area (Å²) in [5.74, 6) is 0. The van der Waals surface area contributed by atoms with Gasteiger partial charge < -0.3 is 5.32 Å². The fourth-order valence-corrected chi connectivity index (χ4v) is 2.42. The summed E-state index contributed by atoms with van der Waals surface area (Å²) in [4.78, 5) is 12.3. The molecule has 1 N–H and O–H groups in total. The van der Waals surface area contributed by atoms with Gasteiger partial charge >= 0.3 is 0 Å². The first-order valence-corrected chi connectivity index (χ1v) is 7.40. The van der Waals surface area contributed by atoms with Gasteiger partial charge in [-0.3, -0.25) is 4.79 Å². The van der Waals surface area contributed by atoms with Crippen molar-refractivity contribution in [1.29, 1.82) is 0 Å². The van der Waals surface area contributed by atoms with Gasteiger partial charge in [-0.1, -0.05) is 24.6 Å². The molecule has 4 heteroatoms. The largest absolute Gasteiger partial charge is 0.315 e. The molecule has 0 fully saturated rings. The maximum atomic E-state index is 12.3. The zero-order valence-electron chi connectivity index (χ0n) is 13.2. The maximum Gasteiger partial charge on any atom is 0.271 e. The van der Waals surface area contributed by atoms with Crippen LogP contribution in [0.4, 0.5) is 0 Å². The van der Waals surface area contributed by atoms with Crippen LogP contribution in [-0.2, 0) is 13.1 Å². The zero-order chi connectivity index (χ0) is 15.4. The van der Waals surface area contributed by atoms with E-state index in [1.54, 1.807) is 4.68 Å². The molecule has 1 aromatic heterocycles. The molecular weight excluding hydrogens is 262 g/mol. The number of aryl methyl sites for hydroxylation is 3. The second-order valence-corrected chi connectivity index (χ2v) is 5.43. The summed E-state index contributed by atoms with van der Waals surface area (Å²) in [7, 11) is 1.85. The van der Waals surface area contributed by atoms with E-state index in [-0.39, 0.29) is 5.56 Å². The third kappa shape index (κ3) is 3.39. The normalized spacial score (nSPS) is 10.9. The van der Waals surface area contributed by atoms with Gasteiger partial charge in [0.05, 0.1) is 5.69 Å². The highest BCUT2D eigenvalue weighted by atomic mass is 16.1. The van der Waals surface area contributed by atoms with Crippen molar-refractivity contribution in [2.45, 2.75) is 40.3 Å². The molecule has 0 atom stereocenters. The molecule has 1 heterocycles. The molecule has 0 bridgehead atoms. The number of aromatic nitrogens is 2. The molecular formula is C17H23N3O. The van der Waals surface area contributed by atoms with E-state index in [2.05, 4.69) is 49.4 Å². The van der Waals surface area contributed by atoms with Crippen LogP contribution in [0.25, 0.3) is 11.3 Å². The van der Waals surface area contributed by atoms with Crippen LogP contribution in [0.5, 0.6) is 0 Å². The van der Waals surface area contributed by atoms with Gasteiger partial charge in [-0.05, 0) is 45.0 Å². The van der Waals surface area contributed by atoms with Crippen molar-refractivity contribution < 1.29 is 0 Å². The number of rotatable bonds is 5. The van der Waals surface area contributed by atoms with Crippen LogP contribution in [0.3, 0.4) is 0 Å². The Labute approximate surface area is 125 Å². The lowest BCUT2D eigenvalue weighted by Crippen LogP contribution is -2.28. The summed E-state index contributed by atoms with van der Waals surface area (Å²) in [6.45, 7) is 7.40. The van der Waals surface area contributed by atoms with Gasteiger partial charge in [0, 0.05) is 24.2 Å². The Morgan fingerprint density at radius 3 is 2.67 bits per heavy atom. The van der Waals surface area contributed by atoms with E-state index < -0.39 is 0 Å². The number of benzene rings is 1. The predicted octanol–water partition coefficient (Wildman–Crippen LogP) is 2.66. The highest BCUT2D eigenvalue weighted by Gasteiger charge is 2.11. The standard InChI is InChI=1S/C17H23N3O/c1-5-8-20-17(21)14(11-18-4)10-16(19-20)15-9-12(2)6-7-13(15)3/h6-7,9-10,18H,5,8,11H2,1-4H3. The minimum Gasteiger partial charge on any atom is -0.315 e. The first-order chi connectivity index (χ1) is 10.1. The van der Waals surface area contributed by atoms with Gasteiger partial charge in [-0.25, -0.2) is 4.68 Å². The molecule has 0 saturated heterocycles. The van der Waals surface area contributed by atoms with Gasteiger partial charge in [0.25, 0.3) is 5.56 Å². The molecule has 2 rings (SSSR count). The Hall–Kier alpha value is -1.94. The molecule has 2 aromatic rings. The molecule has 0 aliphatic rings. The average molecular weight is 285 g/mol. The van der Waals surface area contributed by atoms with E-state index in [1.807, 2.05) is 13.1 Å². The first-order valence-electron chi connectivity index (χ1n) is 7.40. The van der Waals surface area contributed by atoms with E-state index in [0.29, 0.717) is 13.1 Å². The molecule has 0 aliphatic carbocycles. The third-order valence-corrected chi connectivity index (χ3v) is 3.52. The smallest absolute Gasteiger partial charge is 0.271 e. The lowest BCUT2D eigenvalue weighted by Gasteiger charge is -2.12. The SMILES string of the molecule is CCCn1nc(-c2cc(C)ccc2C)cc(CNC)c1=O. The molecule has 21 heavy (non-hydrogen) atoms. The zero-order valence-corrected chi connectivity index (χ0v) is 13.2. The fourth-order valence-electron chi connectivity index (χ4n) is 2.42. The fraction of sp³-hybridized carbons (Fsp3) is 0.412. The van der Waals surface area contributed by atoms with Crippen molar-refractivity contribution in [2.75, 3.05) is 7.05 Å². The number of hydrogen-bond donors (Lipinski definition) is 1. The average Bonchev–Trinajstić information content (AvgIpc) is 2.46. The minimum absolute atomic E-state index is 0.000237. The Kier molecular flexibility index (Phi) is 4.91. The molecule has 0 amide bonds. The van der Waals surface area contributed by atoms with Crippen LogP contribution in [0.2, 0.25) is 0 Å². The molecule has 0 spiro atoms. The summed E-state index contributed by atoms with van der Waals surface area (Å²) >= 11 is 0. The van der Waals surface area contributed by atoms with Gasteiger partial charge in [-0.15, -0.1) is 0 Å². The van der Waals surface area contributed by atoms with Crippen molar-refractivity contribution in [3.8, 4) is 11.3 Å². The van der Waals surface area contributed by atoms with E-state index in [0.717, 1.165) is 23.2 Å². The summed E-state index contributed by atoms with van der Waals surface area (Å²) in [5, 5.41) is 7.61. The Bertz CT molecular complexity index is 659. The topological polar surface area (TPSA) is 46.9 Å². The molecule has 4 nitrogen and oxygen atoms in total. The third-order valence-electron chi connectivity index (χ3n) is 3.52. The highest BCUT2D eigenvalue weighted by Crippen LogP contribution is 2.22. The summed E-state index contributed by atoms with van der Waals surface area (Å²) in [6.07, 6.45) is 0.891. The summed E-state index contributed by atoms with van der Waals surface area (Å²) in [6, 6.07) is 8.23. The van der Waals surface area contributed by atoms with Gasteiger partial charge in [-0.2, -0.15) is 5.10 Å². The van der Waals surface area contributed by atoms with Crippen molar-refractivity contribution in [3.63, 3.8) is 0 Å². The monoisotopic (exact) mass is 285 g/mol. The highest BCUT2D eigenvalue weighted by molar-refractivity contribution is 5.64. The van der Waals surface area contributed by atoms with Gasteiger partial charge in [0.2, 0.25) is 0 Å². The van der Waals surface area contributed by atoms with E-state index in [4.69, 9.17) is 0 Å². The Balaban J connectivity index is 2.62. The molecule has 0 unspecified atom stereocenters. The van der Waals surface area contributed by atoms with E-state index >= 15 is 0 Å². The van der Waals surface area contributed by atoms with Crippen molar-refractivity contribution in [2.24, 2.45) is 0 Å². The van der Waals surface area contributed by atoms with Crippen LogP contribution in [0, 0.1) is 13.8 Å². The minimum atomic E-state index is 0.000237. The van der Waals surface area contributed by atoms with Crippen molar-refractivity contribution >= 4 is 0 Å². The van der Waals surface area contributed by atoms with Crippen molar-refractivity contribution in [3.05, 3.63) is 51.3 Å². The second kappa shape index (κ2) is 6.68. The lowest BCUT2D eigenvalue weighted by molar-refractivity contribution is 0.561. The van der Waals surface area contributed by atoms with Crippen LogP contribution in [-0.4, -0.2) is 16.8 Å².